The second-order valence-electron chi connectivity index (χ2n) is 21.7. The second-order valence-corrected chi connectivity index (χ2v) is 21.7. The molecule has 0 amide bonds. The third-order valence-electron chi connectivity index (χ3n) is 9.59. The number of para-hydroxylation sites is 1. The summed E-state index contributed by atoms with van der Waals surface area (Å²) in [5, 5.41) is 31.6. The number of pyridine rings is 2. The lowest BCUT2D eigenvalue weighted by atomic mass is 9.88. The summed E-state index contributed by atoms with van der Waals surface area (Å²) in [4.78, 5) is 25.9. The van der Waals surface area contributed by atoms with Gasteiger partial charge in [-0.15, -0.1) is 10.2 Å². The molecule has 7 rings (SSSR count). The van der Waals surface area contributed by atoms with Crippen LogP contribution in [0.1, 0.15) is 172 Å². The fourth-order valence-corrected chi connectivity index (χ4v) is 5.84. The van der Waals surface area contributed by atoms with Crippen molar-refractivity contribution >= 4 is 10.9 Å². The molecule has 1 aliphatic rings. The highest BCUT2D eigenvalue weighted by Crippen LogP contribution is 2.21. The number of benzene rings is 1. The maximum Gasteiger partial charge on any atom is 0.267 e. The molecule has 400 valence electrons. The van der Waals surface area contributed by atoms with Crippen molar-refractivity contribution in [1.82, 2.24) is 49.2 Å². The largest absolute Gasteiger partial charge is 0.619 e. The molecular formula is C56H97N11O4. The predicted octanol–water partition coefficient (Wildman–Crippen LogP) is 11.6. The summed E-state index contributed by atoms with van der Waals surface area (Å²) in [6.07, 6.45) is 11.7. The highest BCUT2D eigenvalue weighted by molar-refractivity contribution is 5.78. The zero-order valence-corrected chi connectivity index (χ0v) is 48.7. The van der Waals surface area contributed by atoms with Crippen LogP contribution in [0.15, 0.2) is 114 Å². The molecule has 15 heteroatoms. The normalized spacial score (nSPS) is 12.6. The van der Waals surface area contributed by atoms with E-state index < -0.39 is 0 Å². The fourth-order valence-electron chi connectivity index (χ4n) is 5.84. The van der Waals surface area contributed by atoms with Crippen LogP contribution in [0.5, 0.6) is 0 Å². The van der Waals surface area contributed by atoms with Crippen molar-refractivity contribution in [3.63, 3.8) is 0 Å². The number of ether oxygens (including phenoxy) is 1. The minimum absolute atomic E-state index is 0.0451. The highest BCUT2D eigenvalue weighted by Gasteiger charge is 2.23. The van der Waals surface area contributed by atoms with Crippen LogP contribution in [0.25, 0.3) is 10.9 Å². The lowest BCUT2D eigenvalue weighted by molar-refractivity contribution is -0.606. The number of fused-ring (bicyclic) bond motifs is 1. The fraction of sp³-hybridized carbons (Fsp3) is 0.607. The first-order valence-corrected chi connectivity index (χ1v) is 25.2. The number of morpholine rings is 1. The van der Waals surface area contributed by atoms with Gasteiger partial charge in [-0.05, 0) is 133 Å². The van der Waals surface area contributed by atoms with Crippen molar-refractivity contribution in [3.8, 4) is 0 Å². The van der Waals surface area contributed by atoms with Gasteiger partial charge in [0.05, 0.1) is 41.5 Å². The molecule has 1 aromatic carbocycles. The number of aromatic nitrogens is 10. The first-order valence-electron chi connectivity index (χ1n) is 25.2. The van der Waals surface area contributed by atoms with Crippen LogP contribution in [-0.2, 0) is 32.3 Å². The van der Waals surface area contributed by atoms with Crippen LogP contribution < -0.4 is 15.7 Å². The summed E-state index contributed by atoms with van der Waals surface area (Å²) in [6, 6.07) is 18.3. The average Bonchev–Trinajstić information content (AvgIpc) is 4.02. The quantitative estimate of drug-likeness (QED) is 0.106. The second kappa shape index (κ2) is 31.7. The third kappa shape index (κ3) is 27.0. The van der Waals surface area contributed by atoms with Gasteiger partial charge in [0.15, 0.2) is 24.1 Å². The van der Waals surface area contributed by atoms with Crippen LogP contribution in [0.4, 0.5) is 0 Å². The number of hydrogen-bond donors (Lipinski definition) is 0. The van der Waals surface area contributed by atoms with Crippen LogP contribution >= 0.6 is 0 Å². The molecule has 0 aliphatic carbocycles. The van der Waals surface area contributed by atoms with Crippen molar-refractivity contribution in [2.75, 3.05) is 26.3 Å². The van der Waals surface area contributed by atoms with E-state index in [-0.39, 0.29) is 38.6 Å². The Morgan fingerprint density at radius 3 is 1.48 bits per heavy atom. The molecule has 1 fully saturated rings. The Bertz CT molecular complexity index is 2370. The van der Waals surface area contributed by atoms with Gasteiger partial charge in [-0.3, -0.25) is 19.2 Å². The third-order valence-corrected chi connectivity index (χ3v) is 9.59. The van der Waals surface area contributed by atoms with Gasteiger partial charge in [0.1, 0.15) is 0 Å². The molecule has 5 aromatic heterocycles. The molecule has 0 radical (unpaired) electrons. The monoisotopic (exact) mass is 988 g/mol. The van der Waals surface area contributed by atoms with Crippen LogP contribution in [0.2, 0.25) is 0 Å². The van der Waals surface area contributed by atoms with Gasteiger partial charge < -0.3 is 14.5 Å². The van der Waals surface area contributed by atoms with E-state index in [9.17, 15) is 14.8 Å². The molecule has 6 aromatic rings. The van der Waals surface area contributed by atoms with Gasteiger partial charge in [0.25, 0.3) is 5.56 Å². The van der Waals surface area contributed by atoms with Crippen molar-refractivity contribution in [1.29, 1.82) is 0 Å². The maximum atomic E-state index is 11.2. The Morgan fingerprint density at radius 2 is 1.11 bits per heavy atom. The summed E-state index contributed by atoms with van der Waals surface area (Å²) < 4.78 is 11.6. The van der Waals surface area contributed by atoms with Crippen LogP contribution in [0.3, 0.4) is 0 Å². The van der Waals surface area contributed by atoms with E-state index >= 15 is 0 Å². The van der Waals surface area contributed by atoms with E-state index in [2.05, 4.69) is 130 Å². The zero-order chi connectivity index (χ0) is 55.4. The summed E-state index contributed by atoms with van der Waals surface area (Å²) in [6.45, 7) is 53.6. The predicted molar refractivity (Wildman–Crippen MR) is 297 cm³/mol. The Morgan fingerprint density at radius 1 is 0.577 bits per heavy atom. The number of hydrogen-bond acceptors (Lipinski definition) is 10. The Labute approximate surface area is 429 Å². The Kier molecular flexibility index (Phi) is 30.2. The van der Waals surface area contributed by atoms with E-state index in [0.29, 0.717) is 5.54 Å². The molecule has 0 N–H and O–H groups in total. The first kappa shape index (κ1) is 67.5. The van der Waals surface area contributed by atoms with Crippen molar-refractivity contribution in [2.24, 2.45) is 0 Å². The van der Waals surface area contributed by atoms with E-state index in [0.717, 1.165) is 36.6 Å². The maximum absolute atomic E-state index is 11.2. The minimum atomic E-state index is -0.224. The molecule has 6 heterocycles. The van der Waals surface area contributed by atoms with Crippen molar-refractivity contribution < 1.29 is 9.47 Å². The summed E-state index contributed by atoms with van der Waals surface area (Å²) in [7, 11) is 0. The number of rotatable bonds is 0. The molecule has 0 bridgehead atoms. The lowest BCUT2D eigenvalue weighted by Crippen LogP contribution is -2.47. The Hall–Kier alpha value is -5.54. The SMILES string of the molecule is CC.CC.CC.CC(C)(C)N1CCOCC1.CC(C)(C)c1ccc[n+]([O-])c1.CC(C)(C)n1ccc(=O)cc1.CC(C)(C)n1ncc2ccccc21.CC(C)(C)n1ncccc1=O.CC(C)(C)n1ncnn1. The molecule has 0 atom stereocenters. The van der Waals surface area contributed by atoms with E-state index in [1.54, 1.807) is 41.5 Å². The highest BCUT2D eigenvalue weighted by atomic mass is 16.5. The molecule has 71 heavy (non-hydrogen) atoms. The van der Waals surface area contributed by atoms with Crippen LogP contribution in [0, 0.1) is 5.21 Å². The zero-order valence-electron chi connectivity index (χ0n) is 48.7. The van der Waals surface area contributed by atoms with Gasteiger partial charge in [-0.25, -0.2) is 4.68 Å². The molecule has 15 nitrogen and oxygen atoms in total. The van der Waals surface area contributed by atoms with Crippen LogP contribution in [-0.4, -0.2) is 81.1 Å². The van der Waals surface area contributed by atoms with E-state index in [4.69, 9.17) is 4.74 Å². The first-order chi connectivity index (χ1) is 32.8. The topological polar surface area (TPSA) is 158 Å². The van der Waals surface area contributed by atoms with Crippen molar-refractivity contribution in [3.05, 3.63) is 136 Å². The minimum Gasteiger partial charge on any atom is -0.619 e. The number of tetrazole rings is 1. The molecule has 0 unspecified atom stereocenters. The molecule has 1 saturated heterocycles. The molecular weight excluding hydrogens is 891 g/mol. The van der Waals surface area contributed by atoms with Gasteiger partial charge in [-0.1, -0.05) is 80.5 Å². The standard InChI is InChI=1S/C11H14N2.2C9H13NO.C8H12N2O.C8H17NO.C5H10N4.3C2H6/c1-11(2,3)13-10-7-5-4-6-9(10)8-12-13;1-9(2,3)10-6-4-8(11)5-7-10;1-9(2,3)8-5-4-6-10(11)7-8;1-8(2,3)10-7(11)5-4-6-9-10;1-8(2,3)9-4-6-10-7-5-9;1-5(2,3)9-7-4-6-8-9;3*1-2/h4-8H,1-3H3;2*4-7H,1-3H3;4-6H,1-3H3;4-7H2,1-3H3;4H,1-3H3;3*1-2H3. The molecule has 0 spiro atoms. The summed E-state index contributed by atoms with van der Waals surface area (Å²) in [5.74, 6) is 0. The lowest BCUT2D eigenvalue weighted by Gasteiger charge is -2.38. The average molecular weight is 988 g/mol. The number of nitrogens with zero attached hydrogens (tertiary/aromatic N) is 11. The smallest absolute Gasteiger partial charge is 0.267 e. The van der Waals surface area contributed by atoms with Gasteiger partial charge in [0, 0.05) is 78.0 Å². The van der Waals surface area contributed by atoms with Gasteiger partial charge in [-0.2, -0.15) is 19.7 Å². The summed E-state index contributed by atoms with van der Waals surface area (Å²) >= 11 is 0. The van der Waals surface area contributed by atoms with E-state index in [1.807, 2.05) is 124 Å². The van der Waals surface area contributed by atoms with Gasteiger partial charge in [0.2, 0.25) is 0 Å². The van der Waals surface area contributed by atoms with Gasteiger partial charge >= 0.3 is 0 Å². The Balaban J connectivity index is 0. The summed E-state index contributed by atoms with van der Waals surface area (Å²) in [5.41, 5.74) is 2.51. The van der Waals surface area contributed by atoms with E-state index in [1.165, 1.54) is 34.2 Å². The van der Waals surface area contributed by atoms with Crippen molar-refractivity contribution in [2.45, 2.75) is 199 Å². The molecule has 1 aliphatic heterocycles. The molecule has 0 saturated carbocycles.